The minimum absolute atomic E-state index is 0.264. The molecule has 0 fully saturated rings. The number of para-hydroxylation sites is 2. The van der Waals surface area contributed by atoms with Gasteiger partial charge in [-0.3, -0.25) is 9.59 Å². The van der Waals surface area contributed by atoms with E-state index in [0.29, 0.717) is 27.6 Å². The third kappa shape index (κ3) is 9.62. The maximum Gasteiger partial charge on any atom is 0.305 e. The van der Waals surface area contributed by atoms with Crippen molar-refractivity contribution < 1.29 is 19.4 Å². The highest BCUT2D eigenvalue weighted by molar-refractivity contribution is 6.31. The van der Waals surface area contributed by atoms with Gasteiger partial charge >= 0.3 is 5.97 Å². The number of ether oxygens (including phenoxy) is 1. The number of halogens is 1. The maximum atomic E-state index is 13.5. The zero-order chi connectivity index (χ0) is 30.4. The lowest BCUT2D eigenvalue weighted by Crippen LogP contribution is -2.30. The van der Waals surface area contributed by atoms with Crippen LogP contribution in [0.1, 0.15) is 73.8 Å². The predicted molar refractivity (Wildman–Crippen MR) is 174 cm³/mol. The molecule has 0 radical (unpaired) electrons. The number of unbranched alkanes of at least 4 members (excludes halogenated alkanes) is 5. The fourth-order valence-corrected chi connectivity index (χ4v) is 5.13. The normalized spacial score (nSPS) is 11.5. The Morgan fingerprint density at radius 2 is 1.53 bits per heavy atom. The van der Waals surface area contributed by atoms with Gasteiger partial charge < -0.3 is 20.5 Å². The summed E-state index contributed by atoms with van der Waals surface area (Å²) in [5.74, 6) is 0.0461. The highest BCUT2D eigenvalue weighted by atomic mass is 35.5. The number of nitrogens with one attached hydrogen (secondary N) is 2. The van der Waals surface area contributed by atoms with E-state index in [2.05, 4.69) is 17.6 Å². The number of carbonyl (C=O) groups is 2. The van der Waals surface area contributed by atoms with Crippen molar-refractivity contribution in [2.75, 3.05) is 11.9 Å². The Balaban J connectivity index is 1.48. The Bertz CT molecular complexity index is 1470. The number of hydrogen-bond donors (Lipinski definition) is 3. The maximum absolute atomic E-state index is 13.5. The molecule has 6 nitrogen and oxygen atoms in total. The number of hydrogen-bond acceptors (Lipinski definition) is 4. The molecule has 0 saturated carbocycles. The van der Waals surface area contributed by atoms with Crippen molar-refractivity contribution in [1.29, 1.82) is 0 Å². The first-order valence-electron chi connectivity index (χ1n) is 14.9. The van der Waals surface area contributed by atoms with Crippen molar-refractivity contribution in [2.24, 2.45) is 0 Å². The molecule has 1 unspecified atom stereocenters. The summed E-state index contributed by atoms with van der Waals surface area (Å²) < 4.78 is 6.12. The number of aliphatic carboxylic acids is 1. The molecule has 1 atom stereocenters. The van der Waals surface area contributed by atoms with Gasteiger partial charge in [0, 0.05) is 22.8 Å². The lowest BCUT2D eigenvalue weighted by Gasteiger charge is -2.20. The van der Waals surface area contributed by atoms with Gasteiger partial charge in [0.15, 0.2) is 0 Å². The molecule has 7 heteroatoms. The highest BCUT2D eigenvalue weighted by Gasteiger charge is 2.21. The molecule has 1 amide bonds. The first-order chi connectivity index (χ1) is 20.9. The van der Waals surface area contributed by atoms with Gasteiger partial charge in [0.2, 0.25) is 0 Å². The van der Waals surface area contributed by atoms with Crippen molar-refractivity contribution >= 4 is 29.2 Å². The van der Waals surface area contributed by atoms with E-state index < -0.39 is 12.0 Å². The number of carboxylic acids is 1. The average molecular weight is 599 g/mol. The second-order valence-electron chi connectivity index (χ2n) is 10.5. The minimum Gasteiger partial charge on any atom is -0.481 e. The zero-order valence-corrected chi connectivity index (χ0v) is 25.3. The van der Waals surface area contributed by atoms with Gasteiger partial charge in [-0.15, -0.1) is 0 Å². The van der Waals surface area contributed by atoms with Crippen LogP contribution in [-0.2, 0) is 4.79 Å². The molecule has 0 aromatic heterocycles. The molecule has 4 rings (SSSR count). The molecule has 4 aromatic carbocycles. The molecule has 43 heavy (non-hydrogen) atoms. The van der Waals surface area contributed by atoms with Gasteiger partial charge in [-0.1, -0.05) is 111 Å². The Morgan fingerprint density at radius 3 is 2.28 bits per heavy atom. The van der Waals surface area contributed by atoms with Crippen LogP contribution in [-0.4, -0.2) is 23.5 Å². The van der Waals surface area contributed by atoms with Crippen LogP contribution in [0.4, 0.5) is 5.69 Å². The molecule has 0 saturated heterocycles. The van der Waals surface area contributed by atoms with Crippen LogP contribution >= 0.6 is 11.6 Å². The van der Waals surface area contributed by atoms with Crippen LogP contribution in [0.15, 0.2) is 97.1 Å². The summed E-state index contributed by atoms with van der Waals surface area (Å²) in [4.78, 5) is 25.3. The van der Waals surface area contributed by atoms with Crippen LogP contribution in [0, 0.1) is 0 Å². The van der Waals surface area contributed by atoms with Crippen molar-refractivity contribution in [3.05, 3.63) is 113 Å². The third-order valence-corrected chi connectivity index (χ3v) is 7.47. The van der Waals surface area contributed by atoms with E-state index in [4.69, 9.17) is 16.3 Å². The Morgan fingerprint density at radius 1 is 0.837 bits per heavy atom. The van der Waals surface area contributed by atoms with Gasteiger partial charge in [-0.25, -0.2) is 0 Å². The topological polar surface area (TPSA) is 87.7 Å². The van der Waals surface area contributed by atoms with Gasteiger partial charge in [0.25, 0.3) is 5.91 Å². The predicted octanol–water partition coefficient (Wildman–Crippen LogP) is 9.52. The second kappa shape index (κ2) is 16.4. The number of rotatable bonds is 16. The summed E-state index contributed by atoms with van der Waals surface area (Å²) in [5.41, 5.74) is 3.56. The standard InChI is InChI=1S/C36H39ClN2O4/c1-2-3-4-5-6-12-23-38-32-22-21-28(37)24-31(32)36(42)39-33(25-35(40)41)27-19-17-26(18-20-27)30-15-10-11-16-34(30)43-29-13-8-7-9-14-29/h7-11,13-22,24,33,38H,2-6,12,23,25H2,1H3,(H,39,42)(H,40,41). The Labute approximate surface area is 259 Å². The molecule has 0 bridgehead atoms. The van der Waals surface area contributed by atoms with Crippen molar-refractivity contribution in [3.63, 3.8) is 0 Å². The van der Waals surface area contributed by atoms with Gasteiger partial charge in [0.05, 0.1) is 18.0 Å². The Hall–Kier alpha value is -4.29. The van der Waals surface area contributed by atoms with Crippen molar-refractivity contribution in [3.8, 4) is 22.6 Å². The van der Waals surface area contributed by atoms with E-state index in [1.165, 1.54) is 25.7 Å². The molecule has 0 aliphatic heterocycles. The zero-order valence-electron chi connectivity index (χ0n) is 24.5. The van der Waals surface area contributed by atoms with E-state index in [1.807, 2.05) is 78.9 Å². The average Bonchev–Trinajstić information content (AvgIpc) is 3.01. The molecular formula is C36H39ClN2O4. The Kier molecular flexibility index (Phi) is 12.0. The summed E-state index contributed by atoms with van der Waals surface area (Å²) in [5, 5.41) is 16.4. The van der Waals surface area contributed by atoms with Gasteiger partial charge in [0.1, 0.15) is 11.5 Å². The minimum atomic E-state index is -1.01. The second-order valence-corrected chi connectivity index (χ2v) is 11.0. The summed E-state index contributed by atoms with van der Waals surface area (Å²) in [6.07, 6.45) is 6.77. The largest absolute Gasteiger partial charge is 0.481 e. The molecule has 0 aliphatic carbocycles. The SMILES string of the molecule is CCCCCCCCNc1ccc(Cl)cc1C(=O)NC(CC(=O)O)c1ccc(-c2ccccc2Oc2ccccc2)cc1. The molecular weight excluding hydrogens is 560 g/mol. The van der Waals surface area contributed by atoms with Crippen molar-refractivity contribution in [2.45, 2.75) is 57.9 Å². The fraction of sp³-hybridized carbons (Fsp3) is 0.278. The van der Waals surface area contributed by atoms with Crippen LogP contribution in [0.3, 0.4) is 0 Å². The van der Waals surface area contributed by atoms with Gasteiger partial charge in [-0.2, -0.15) is 0 Å². The molecule has 0 spiro atoms. The summed E-state index contributed by atoms with van der Waals surface area (Å²) >= 11 is 6.26. The smallest absolute Gasteiger partial charge is 0.305 e. The summed E-state index contributed by atoms with van der Waals surface area (Å²) in [6, 6.07) is 29.2. The van der Waals surface area contributed by atoms with Crippen LogP contribution in [0.25, 0.3) is 11.1 Å². The van der Waals surface area contributed by atoms with E-state index in [-0.39, 0.29) is 12.3 Å². The van der Waals surface area contributed by atoms with Crippen molar-refractivity contribution in [1.82, 2.24) is 5.32 Å². The molecule has 0 aliphatic rings. The first kappa shape index (κ1) is 31.6. The third-order valence-electron chi connectivity index (χ3n) is 7.24. The number of carboxylic acid groups (broad SMARTS) is 1. The van der Waals surface area contributed by atoms with E-state index in [1.54, 1.807) is 18.2 Å². The lowest BCUT2D eigenvalue weighted by molar-refractivity contribution is -0.137. The quantitative estimate of drug-likeness (QED) is 0.112. The number of carbonyl (C=O) groups excluding carboxylic acids is 1. The van der Waals surface area contributed by atoms with Gasteiger partial charge in [-0.05, 0) is 53.9 Å². The monoisotopic (exact) mass is 598 g/mol. The molecule has 0 heterocycles. The van der Waals surface area contributed by atoms with E-state index in [9.17, 15) is 14.7 Å². The number of benzene rings is 4. The number of anilines is 1. The van der Waals surface area contributed by atoms with Crippen LogP contribution in [0.5, 0.6) is 11.5 Å². The van der Waals surface area contributed by atoms with E-state index >= 15 is 0 Å². The summed E-state index contributed by atoms with van der Waals surface area (Å²) in [6.45, 7) is 2.94. The first-order valence-corrected chi connectivity index (χ1v) is 15.3. The van der Waals surface area contributed by atoms with Crippen LogP contribution < -0.4 is 15.4 Å². The fourth-order valence-electron chi connectivity index (χ4n) is 4.95. The molecule has 3 N–H and O–H groups in total. The number of amides is 1. The van der Waals surface area contributed by atoms with E-state index in [0.717, 1.165) is 36.3 Å². The molecule has 4 aromatic rings. The molecule has 224 valence electrons. The highest BCUT2D eigenvalue weighted by Crippen LogP contribution is 2.34. The lowest BCUT2D eigenvalue weighted by atomic mass is 9.98. The van der Waals surface area contributed by atoms with Crippen LogP contribution in [0.2, 0.25) is 5.02 Å². The summed E-state index contributed by atoms with van der Waals surface area (Å²) in [7, 11) is 0.